The third kappa shape index (κ3) is 5.95. The molecule has 0 bridgehead atoms. The summed E-state index contributed by atoms with van der Waals surface area (Å²) < 4.78 is 5.42. The number of aryl methyl sites for hydroxylation is 1. The molecular formula is C23H23N3O4S2. The van der Waals surface area contributed by atoms with Crippen LogP contribution < -0.4 is 10.6 Å². The van der Waals surface area contributed by atoms with E-state index in [1.54, 1.807) is 29.6 Å². The van der Waals surface area contributed by atoms with Gasteiger partial charge in [0, 0.05) is 17.2 Å². The summed E-state index contributed by atoms with van der Waals surface area (Å²) >= 11 is 2.48. The molecule has 0 saturated heterocycles. The second-order valence-corrected chi connectivity index (χ2v) is 8.68. The molecule has 0 atom stereocenters. The lowest BCUT2D eigenvalue weighted by molar-refractivity contribution is -0.116. The standard InChI is InChI=1S/C23H23N3O4S2/c1-3-16-8-10-18(11-9-16)26(15(2)27)23-25-17(13-32-23)12-30-22(29)19-6-4-5-7-20(19)31-14-21(24)28/h4-11,13H,3,12,14H2,1-2H3,(H2,24,28). The van der Waals surface area contributed by atoms with Crippen LogP contribution in [0.5, 0.6) is 0 Å². The second-order valence-electron chi connectivity index (χ2n) is 6.82. The predicted octanol–water partition coefficient (Wildman–Crippen LogP) is 4.32. The molecule has 2 N–H and O–H groups in total. The molecular weight excluding hydrogens is 446 g/mol. The lowest BCUT2D eigenvalue weighted by Gasteiger charge is -2.18. The normalized spacial score (nSPS) is 10.6. The number of anilines is 2. The van der Waals surface area contributed by atoms with Gasteiger partial charge in [0.2, 0.25) is 11.8 Å². The summed E-state index contributed by atoms with van der Waals surface area (Å²) in [7, 11) is 0. The van der Waals surface area contributed by atoms with Crippen LogP contribution in [0.25, 0.3) is 0 Å². The first kappa shape index (κ1) is 23.5. The van der Waals surface area contributed by atoms with Crippen molar-refractivity contribution in [1.29, 1.82) is 0 Å². The number of carbonyl (C=O) groups excluding carboxylic acids is 3. The van der Waals surface area contributed by atoms with Crippen molar-refractivity contribution in [3.8, 4) is 0 Å². The molecule has 0 aliphatic rings. The molecule has 0 aliphatic carbocycles. The topological polar surface area (TPSA) is 103 Å². The van der Waals surface area contributed by atoms with Crippen LogP contribution in [0.3, 0.4) is 0 Å². The van der Waals surface area contributed by atoms with Crippen LogP contribution in [-0.4, -0.2) is 28.5 Å². The fraction of sp³-hybridized carbons (Fsp3) is 0.217. The van der Waals surface area contributed by atoms with Crippen LogP contribution in [0.4, 0.5) is 10.8 Å². The van der Waals surface area contributed by atoms with E-state index in [1.807, 2.05) is 24.3 Å². The van der Waals surface area contributed by atoms with Gasteiger partial charge in [-0.15, -0.1) is 23.1 Å². The molecule has 3 rings (SSSR count). The largest absolute Gasteiger partial charge is 0.456 e. The predicted molar refractivity (Wildman–Crippen MR) is 126 cm³/mol. The molecule has 0 fully saturated rings. The Bertz CT molecular complexity index is 1110. The summed E-state index contributed by atoms with van der Waals surface area (Å²) in [5.41, 5.74) is 8.00. The number of aromatic nitrogens is 1. The molecule has 0 radical (unpaired) electrons. The summed E-state index contributed by atoms with van der Waals surface area (Å²) in [6.07, 6.45) is 0.914. The first-order chi connectivity index (χ1) is 15.4. The zero-order chi connectivity index (χ0) is 23.1. The Morgan fingerprint density at radius 2 is 1.84 bits per heavy atom. The Labute approximate surface area is 194 Å². The fourth-order valence-corrected chi connectivity index (χ4v) is 4.55. The highest BCUT2D eigenvalue weighted by molar-refractivity contribution is 8.00. The molecule has 0 aliphatic heterocycles. The van der Waals surface area contributed by atoms with Crippen molar-refractivity contribution in [2.24, 2.45) is 5.73 Å². The summed E-state index contributed by atoms with van der Waals surface area (Å²) in [4.78, 5) is 42.5. The zero-order valence-corrected chi connectivity index (χ0v) is 19.4. The first-order valence-electron chi connectivity index (χ1n) is 9.90. The van der Waals surface area contributed by atoms with Crippen LogP contribution in [0.1, 0.15) is 35.5 Å². The second kappa shape index (κ2) is 10.9. The van der Waals surface area contributed by atoms with Crippen molar-refractivity contribution in [3.63, 3.8) is 0 Å². The number of benzene rings is 2. The third-order valence-corrected chi connectivity index (χ3v) is 6.45. The number of esters is 1. The Hall–Kier alpha value is -3.17. The molecule has 32 heavy (non-hydrogen) atoms. The third-order valence-electron chi connectivity index (χ3n) is 4.48. The number of ether oxygens (including phenoxy) is 1. The minimum atomic E-state index is -0.523. The summed E-state index contributed by atoms with van der Waals surface area (Å²) in [5.74, 6) is -1.08. The van der Waals surface area contributed by atoms with Gasteiger partial charge in [0.1, 0.15) is 6.61 Å². The Balaban J connectivity index is 1.70. The number of thioether (sulfide) groups is 1. The molecule has 1 heterocycles. The van der Waals surface area contributed by atoms with E-state index in [0.29, 0.717) is 21.3 Å². The van der Waals surface area contributed by atoms with E-state index in [4.69, 9.17) is 10.5 Å². The van der Waals surface area contributed by atoms with Gasteiger partial charge >= 0.3 is 5.97 Å². The van der Waals surface area contributed by atoms with E-state index in [9.17, 15) is 14.4 Å². The number of primary amides is 1. The SMILES string of the molecule is CCc1ccc(N(C(C)=O)c2nc(COC(=O)c3ccccc3SCC(N)=O)cs2)cc1. The number of amides is 2. The van der Waals surface area contributed by atoms with Gasteiger partial charge in [-0.25, -0.2) is 9.78 Å². The van der Waals surface area contributed by atoms with Gasteiger partial charge in [0.25, 0.3) is 0 Å². The maximum atomic E-state index is 12.6. The van der Waals surface area contributed by atoms with Crippen LogP contribution in [0.2, 0.25) is 0 Å². The van der Waals surface area contributed by atoms with E-state index in [2.05, 4.69) is 11.9 Å². The number of carbonyl (C=O) groups is 3. The van der Waals surface area contributed by atoms with E-state index in [1.165, 1.54) is 40.5 Å². The van der Waals surface area contributed by atoms with Crippen LogP contribution in [-0.2, 0) is 27.4 Å². The molecule has 9 heteroatoms. The summed E-state index contributed by atoms with van der Waals surface area (Å²) in [6.45, 7) is 3.52. The Morgan fingerprint density at radius 1 is 1.12 bits per heavy atom. The smallest absolute Gasteiger partial charge is 0.339 e. The number of nitrogens with zero attached hydrogens (tertiary/aromatic N) is 2. The maximum Gasteiger partial charge on any atom is 0.339 e. The fourth-order valence-electron chi connectivity index (χ4n) is 2.90. The monoisotopic (exact) mass is 469 g/mol. The minimum absolute atomic E-state index is 0.0370. The van der Waals surface area contributed by atoms with E-state index >= 15 is 0 Å². The molecule has 7 nitrogen and oxygen atoms in total. The van der Waals surface area contributed by atoms with Crippen molar-refractivity contribution >= 4 is 51.7 Å². The number of hydrogen-bond acceptors (Lipinski definition) is 7. The highest BCUT2D eigenvalue weighted by Gasteiger charge is 2.19. The van der Waals surface area contributed by atoms with Gasteiger partial charge in [-0.2, -0.15) is 0 Å². The minimum Gasteiger partial charge on any atom is -0.456 e. The van der Waals surface area contributed by atoms with E-state index in [-0.39, 0.29) is 18.3 Å². The molecule has 1 aromatic heterocycles. The highest BCUT2D eigenvalue weighted by atomic mass is 32.2. The average Bonchev–Trinajstić information content (AvgIpc) is 3.25. The number of nitrogens with two attached hydrogens (primary N) is 1. The molecule has 0 unspecified atom stereocenters. The number of thiazole rings is 1. The lowest BCUT2D eigenvalue weighted by Crippen LogP contribution is -2.22. The molecule has 2 aromatic carbocycles. The Morgan fingerprint density at radius 3 is 2.50 bits per heavy atom. The van der Waals surface area contributed by atoms with Crippen LogP contribution in [0, 0.1) is 0 Å². The van der Waals surface area contributed by atoms with Crippen LogP contribution >= 0.6 is 23.1 Å². The molecule has 0 spiro atoms. The van der Waals surface area contributed by atoms with Gasteiger partial charge < -0.3 is 10.5 Å². The van der Waals surface area contributed by atoms with Crippen molar-refractivity contribution in [2.45, 2.75) is 31.8 Å². The van der Waals surface area contributed by atoms with Crippen molar-refractivity contribution in [1.82, 2.24) is 4.98 Å². The highest BCUT2D eigenvalue weighted by Crippen LogP contribution is 2.30. The van der Waals surface area contributed by atoms with Gasteiger partial charge in [-0.05, 0) is 36.2 Å². The summed E-state index contributed by atoms with van der Waals surface area (Å²) in [5, 5.41) is 2.26. The summed E-state index contributed by atoms with van der Waals surface area (Å²) in [6, 6.07) is 14.6. The molecule has 2 amide bonds. The average molecular weight is 470 g/mol. The van der Waals surface area contributed by atoms with Crippen molar-refractivity contribution in [3.05, 3.63) is 70.7 Å². The van der Waals surface area contributed by atoms with Gasteiger partial charge in [-0.3, -0.25) is 14.5 Å². The van der Waals surface area contributed by atoms with Crippen molar-refractivity contribution in [2.75, 3.05) is 10.7 Å². The molecule has 0 saturated carbocycles. The van der Waals surface area contributed by atoms with Crippen molar-refractivity contribution < 1.29 is 19.1 Å². The van der Waals surface area contributed by atoms with Gasteiger partial charge in [-0.1, -0.05) is 31.2 Å². The quantitative estimate of drug-likeness (QED) is 0.370. The zero-order valence-electron chi connectivity index (χ0n) is 17.7. The number of rotatable bonds is 9. The molecule has 3 aromatic rings. The Kier molecular flexibility index (Phi) is 8.02. The van der Waals surface area contributed by atoms with Crippen LogP contribution in [0.15, 0.2) is 58.8 Å². The van der Waals surface area contributed by atoms with E-state index < -0.39 is 11.9 Å². The first-order valence-corrected chi connectivity index (χ1v) is 11.8. The maximum absolute atomic E-state index is 12.6. The lowest BCUT2D eigenvalue weighted by atomic mass is 10.1. The van der Waals surface area contributed by atoms with Gasteiger partial charge in [0.15, 0.2) is 5.13 Å². The number of hydrogen-bond donors (Lipinski definition) is 1. The van der Waals surface area contributed by atoms with E-state index in [0.717, 1.165) is 12.1 Å². The van der Waals surface area contributed by atoms with Gasteiger partial charge in [0.05, 0.1) is 22.7 Å². The molecule has 166 valence electrons.